The van der Waals surface area contributed by atoms with Crippen LogP contribution in [-0.4, -0.2) is 82.7 Å². The van der Waals surface area contributed by atoms with E-state index in [-0.39, 0.29) is 31.6 Å². The lowest BCUT2D eigenvalue weighted by Gasteiger charge is -2.67. The minimum absolute atomic E-state index is 0.0504. The highest BCUT2D eigenvalue weighted by Crippen LogP contribution is 2.72. The van der Waals surface area contributed by atoms with Gasteiger partial charge in [-0.05, 0) is 30.3 Å². The van der Waals surface area contributed by atoms with Crippen molar-refractivity contribution in [3.63, 3.8) is 0 Å². The first-order valence-corrected chi connectivity index (χ1v) is 11.8. The van der Waals surface area contributed by atoms with Gasteiger partial charge in [-0.1, -0.05) is 13.8 Å². The lowest BCUT2D eigenvalue weighted by atomic mass is 9.38. The van der Waals surface area contributed by atoms with E-state index in [9.17, 15) is 34.5 Å². The third-order valence-corrected chi connectivity index (χ3v) is 9.39. The van der Waals surface area contributed by atoms with Gasteiger partial charge in [-0.2, -0.15) is 0 Å². The number of fused-ring (bicyclic) bond motifs is 2. The Morgan fingerprint density at radius 3 is 2.51 bits per heavy atom. The summed E-state index contributed by atoms with van der Waals surface area (Å²) in [5, 5.41) is 33.4. The molecule has 3 aliphatic carbocycles. The van der Waals surface area contributed by atoms with Gasteiger partial charge in [-0.15, -0.1) is 0 Å². The third kappa shape index (κ3) is 2.66. The highest BCUT2D eigenvalue weighted by atomic mass is 16.6. The molecule has 2 bridgehead atoms. The fraction of sp³-hybridized carbons (Fsp3) is 0.750. The van der Waals surface area contributed by atoms with E-state index in [2.05, 4.69) is 0 Å². The Morgan fingerprint density at radius 2 is 1.89 bits per heavy atom. The van der Waals surface area contributed by atoms with Gasteiger partial charge < -0.3 is 34.3 Å². The molecule has 2 aliphatic heterocycles. The molecule has 5 rings (SSSR count). The molecule has 0 radical (unpaired) electrons. The fourth-order valence-corrected chi connectivity index (χ4v) is 8.08. The summed E-state index contributed by atoms with van der Waals surface area (Å²) < 4.78 is 22.3. The molecule has 4 fully saturated rings. The number of esters is 3. The second kappa shape index (κ2) is 7.50. The number of methoxy groups -OCH3 is 1. The van der Waals surface area contributed by atoms with Crippen LogP contribution >= 0.6 is 0 Å². The van der Waals surface area contributed by atoms with E-state index in [1.54, 1.807) is 20.8 Å². The van der Waals surface area contributed by atoms with Crippen molar-refractivity contribution >= 4 is 23.7 Å². The van der Waals surface area contributed by atoms with E-state index in [0.29, 0.717) is 5.57 Å². The number of rotatable bonds is 3. The van der Waals surface area contributed by atoms with E-state index in [1.807, 2.05) is 0 Å². The molecule has 2 saturated carbocycles. The molecular formula is C24H30O11. The Balaban J connectivity index is 1.76. The summed E-state index contributed by atoms with van der Waals surface area (Å²) in [6, 6.07) is 0. The number of ketones is 1. The highest BCUT2D eigenvalue weighted by molar-refractivity contribution is 5.95. The molecule has 35 heavy (non-hydrogen) atoms. The average molecular weight is 494 g/mol. The lowest BCUT2D eigenvalue weighted by molar-refractivity contribution is -0.290. The van der Waals surface area contributed by atoms with Crippen LogP contribution in [0.25, 0.3) is 0 Å². The van der Waals surface area contributed by atoms with Crippen LogP contribution < -0.4 is 0 Å². The van der Waals surface area contributed by atoms with Crippen molar-refractivity contribution in [1.82, 2.24) is 0 Å². The van der Waals surface area contributed by atoms with E-state index >= 15 is 0 Å². The normalized spacial score (nSPS) is 48.0. The molecule has 11 heteroatoms. The van der Waals surface area contributed by atoms with Crippen LogP contribution in [0.3, 0.4) is 0 Å². The molecule has 5 aliphatic rings. The number of aliphatic hydroxyl groups is 3. The molecular weight excluding hydrogens is 464 g/mol. The molecule has 0 aromatic rings. The number of carbonyl (C=O) groups excluding carboxylic acids is 4. The monoisotopic (exact) mass is 494 g/mol. The Morgan fingerprint density at radius 1 is 1.20 bits per heavy atom. The number of carbonyl (C=O) groups is 4. The summed E-state index contributed by atoms with van der Waals surface area (Å²) in [5.41, 5.74) is -4.02. The molecule has 0 aromatic heterocycles. The van der Waals surface area contributed by atoms with E-state index in [4.69, 9.17) is 18.9 Å². The maximum Gasteiger partial charge on any atom is 0.348 e. The van der Waals surface area contributed by atoms with Gasteiger partial charge in [-0.3, -0.25) is 9.59 Å². The van der Waals surface area contributed by atoms with Crippen LogP contribution in [0.5, 0.6) is 0 Å². The first-order chi connectivity index (χ1) is 16.4. The smallest absolute Gasteiger partial charge is 0.348 e. The molecule has 6 unspecified atom stereocenters. The van der Waals surface area contributed by atoms with Gasteiger partial charge in [0.2, 0.25) is 11.7 Å². The van der Waals surface area contributed by atoms with Gasteiger partial charge in [0.1, 0.15) is 12.2 Å². The van der Waals surface area contributed by atoms with E-state index < -0.39 is 82.3 Å². The van der Waals surface area contributed by atoms with Gasteiger partial charge in [0.05, 0.1) is 25.7 Å². The Labute approximate surface area is 201 Å². The Kier molecular flexibility index (Phi) is 5.19. The molecule has 192 valence electrons. The number of aliphatic hydroxyl groups excluding tert-OH is 3. The standard InChI is InChI=1S/C24H30O11/c1-5-13(26)35-16-18-23-8-33-24(18,21(31)32-4)19(29)15(28)17(23)22(3)7-11(25)14(27)9(2)10(22)6-12(23)34-20(16)30/h10,12,15-19,27-29H,5-8H2,1-4H3/t10?,12?,15?,16?,17?,18?,19-,22-,23+,24+/m0/s1. The minimum Gasteiger partial charge on any atom is -0.504 e. The van der Waals surface area contributed by atoms with Crippen molar-refractivity contribution in [2.24, 2.45) is 28.6 Å². The summed E-state index contributed by atoms with van der Waals surface area (Å²) >= 11 is 0. The predicted octanol–water partition coefficient (Wildman–Crippen LogP) is -0.0392. The summed E-state index contributed by atoms with van der Waals surface area (Å²) in [6.45, 7) is 4.76. The van der Waals surface area contributed by atoms with Gasteiger partial charge in [0, 0.05) is 24.2 Å². The van der Waals surface area contributed by atoms with Gasteiger partial charge in [-0.25, -0.2) is 9.59 Å². The molecule has 1 spiro atoms. The average Bonchev–Trinajstić information content (AvgIpc) is 3.13. The van der Waals surface area contributed by atoms with Crippen LogP contribution in [0.15, 0.2) is 11.3 Å². The molecule has 0 aromatic carbocycles. The second-order valence-corrected chi connectivity index (χ2v) is 10.7. The SMILES string of the molecule is CCC(=O)OC1C(=O)OC2CC3C(C)=C(O)C(=O)C[C@]3(C)C3C(O)[C@H](O)[C@]4(C(=O)OC)OC[C@@]23C14. The molecule has 11 nitrogen and oxygen atoms in total. The first kappa shape index (κ1) is 24.2. The van der Waals surface area contributed by atoms with E-state index in [0.717, 1.165) is 7.11 Å². The topological polar surface area (TPSA) is 166 Å². The van der Waals surface area contributed by atoms with Crippen molar-refractivity contribution in [2.75, 3.05) is 13.7 Å². The van der Waals surface area contributed by atoms with Crippen LogP contribution in [0, 0.1) is 28.6 Å². The van der Waals surface area contributed by atoms with Crippen LogP contribution in [0.1, 0.15) is 40.0 Å². The number of ether oxygens (including phenoxy) is 4. The largest absolute Gasteiger partial charge is 0.504 e. The molecule has 10 atom stereocenters. The van der Waals surface area contributed by atoms with Crippen LogP contribution in [0.2, 0.25) is 0 Å². The maximum absolute atomic E-state index is 13.2. The summed E-state index contributed by atoms with van der Waals surface area (Å²) in [7, 11) is 1.09. The van der Waals surface area contributed by atoms with Gasteiger partial charge >= 0.3 is 17.9 Å². The molecule has 2 saturated heterocycles. The quantitative estimate of drug-likeness (QED) is 0.356. The lowest BCUT2D eigenvalue weighted by Crippen LogP contribution is -2.79. The first-order valence-electron chi connectivity index (χ1n) is 11.8. The molecule has 3 N–H and O–H groups in total. The zero-order chi connectivity index (χ0) is 25.7. The van der Waals surface area contributed by atoms with Crippen molar-refractivity contribution in [3.05, 3.63) is 11.3 Å². The zero-order valence-electron chi connectivity index (χ0n) is 20.0. The Hall–Kier alpha value is -2.50. The van der Waals surface area contributed by atoms with E-state index in [1.165, 1.54) is 0 Å². The minimum atomic E-state index is -2.18. The number of hydrogen-bond donors (Lipinski definition) is 3. The van der Waals surface area contributed by atoms with Gasteiger partial charge in [0.15, 0.2) is 11.5 Å². The zero-order valence-corrected chi connectivity index (χ0v) is 20.0. The summed E-state index contributed by atoms with van der Waals surface area (Å²) in [6.07, 6.45) is -5.89. The maximum atomic E-state index is 13.2. The van der Waals surface area contributed by atoms with Gasteiger partial charge in [0.25, 0.3) is 0 Å². The third-order valence-electron chi connectivity index (χ3n) is 9.39. The number of allylic oxidation sites excluding steroid dienone is 2. The Bertz CT molecular complexity index is 1050. The molecule has 2 heterocycles. The fourth-order valence-electron chi connectivity index (χ4n) is 8.08. The van der Waals surface area contributed by atoms with Crippen molar-refractivity contribution < 1.29 is 53.4 Å². The van der Waals surface area contributed by atoms with Crippen molar-refractivity contribution in [3.8, 4) is 0 Å². The predicted molar refractivity (Wildman–Crippen MR) is 113 cm³/mol. The van der Waals surface area contributed by atoms with Crippen LogP contribution in [0.4, 0.5) is 0 Å². The van der Waals surface area contributed by atoms with Crippen LogP contribution in [-0.2, 0) is 38.1 Å². The summed E-state index contributed by atoms with van der Waals surface area (Å²) in [4.78, 5) is 51.5. The second-order valence-electron chi connectivity index (χ2n) is 10.7. The summed E-state index contributed by atoms with van der Waals surface area (Å²) in [5.74, 6) is -6.04. The number of Topliss-reactive ketones (excluding diaryl/α,β-unsaturated/α-hetero) is 1. The number of hydrogen-bond acceptors (Lipinski definition) is 11. The highest BCUT2D eigenvalue weighted by Gasteiger charge is 2.85. The van der Waals surface area contributed by atoms with Crippen molar-refractivity contribution in [2.45, 2.75) is 70.1 Å². The molecule has 0 amide bonds. The van der Waals surface area contributed by atoms with Crippen molar-refractivity contribution in [1.29, 1.82) is 0 Å².